The van der Waals surface area contributed by atoms with E-state index in [0.29, 0.717) is 24.2 Å². The van der Waals surface area contributed by atoms with Crippen LogP contribution in [0.15, 0.2) is 36.9 Å². The zero-order valence-electron chi connectivity index (χ0n) is 10.8. The fraction of sp³-hybridized carbons (Fsp3) is 0.214. The molecular weight excluding hydrogens is 240 g/mol. The van der Waals surface area contributed by atoms with Crippen LogP contribution in [0.5, 0.6) is 0 Å². The minimum absolute atomic E-state index is 0.0700. The van der Waals surface area contributed by atoms with Gasteiger partial charge in [0.25, 0.3) is 0 Å². The summed E-state index contributed by atoms with van der Waals surface area (Å²) in [6.45, 7) is 1.96. The number of hydrogen-bond donors (Lipinski definition) is 2. The van der Waals surface area contributed by atoms with Gasteiger partial charge >= 0.3 is 0 Å². The van der Waals surface area contributed by atoms with Gasteiger partial charge in [0.2, 0.25) is 5.91 Å². The van der Waals surface area contributed by atoms with E-state index in [1.807, 2.05) is 25.1 Å². The van der Waals surface area contributed by atoms with Crippen LogP contribution in [0.2, 0.25) is 0 Å². The van der Waals surface area contributed by atoms with Gasteiger partial charge in [-0.05, 0) is 36.6 Å². The van der Waals surface area contributed by atoms with E-state index < -0.39 is 0 Å². The van der Waals surface area contributed by atoms with Crippen molar-refractivity contribution >= 4 is 17.3 Å². The highest BCUT2D eigenvalue weighted by atomic mass is 16.1. The van der Waals surface area contributed by atoms with Crippen LogP contribution in [-0.2, 0) is 11.2 Å². The molecule has 5 nitrogen and oxygen atoms in total. The Bertz CT molecular complexity index is 569. The number of aryl methyl sites for hydroxylation is 2. The Labute approximate surface area is 111 Å². The normalized spacial score (nSPS) is 10.2. The lowest BCUT2D eigenvalue weighted by atomic mass is 10.1. The van der Waals surface area contributed by atoms with Crippen molar-refractivity contribution in [1.29, 1.82) is 0 Å². The lowest BCUT2D eigenvalue weighted by Crippen LogP contribution is -2.13. The Balaban J connectivity index is 1.91. The highest BCUT2D eigenvalue weighted by Gasteiger charge is 2.06. The zero-order valence-corrected chi connectivity index (χ0v) is 10.8. The molecule has 0 aliphatic carbocycles. The number of nitrogens with two attached hydrogens (primary N) is 1. The second kappa shape index (κ2) is 5.95. The molecule has 0 bridgehead atoms. The first kappa shape index (κ1) is 13.0. The summed E-state index contributed by atoms with van der Waals surface area (Å²) in [5, 5.41) is 2.80. The molecule has 0 aliphatic heterocycles. The topological polar surface area (TPSA) is 80.9 Å². The molecule has 1 aromatic heterocycles. The van der Waals surface area contributed by atoms with Crippen LogP contribution in [0.3, 0.4) is 0 Å². The number of nitrogen functional groups attached to an aromatic ring is 1. The smallest absolute Gasteiger partial charge is 0.224 e. The van der Waals surface area contributed by atoms with Crippen LogP contribution < -0.4 is 11.1 Å². The van der Waals surface area contributed by atoms with E-state index in [0.717, 1.165) is 11.1 Å². The number of amides is 1. The molecule has 0 fully saturated rings. The molecule has 1 heterocycles. The van der Waals surface area contributed by atoms with Gasteiger partial charge in [-0.1, -0.05) is 6.07 Å². The molecule has 1 amide bonds. The third-order valence-corrected chi connectivity index (χ3v) is 2.74. The van der Waals surface area contributed by atoms with E-state index in [2.05, 4.69) is 15.3 Å². The molecule has 0 atom stereocenters. The summed E-state index contributed by atoms with van der Waals surface area (Å²) in [7, 11) is 0. The minimum Gasteiger partial charge on any atom is -0.397 e. The summed E-state index contributed by atoms with van der Waals surface area (Å²) >= 11 is 0. The lowest BCUT2D eigenvalue weighted by Gasteiger charge is -2.08. The summed E-state index contributed by atoms with van der Waals surface area (Å²) in [5.41, 5.74) is 9.08. The van der Waals surface area contributed by atoms with E-state index >= 15 is 0 Å². The molecule has 0 aliphatic rings. The number of nitrogens with one attached hydrogen (secondary N) is 1. The number of benzene rings is 1. The molecule has 0 radical (unpaired) electrons. The molecule has 0 saturated heterocycles. The van der Waals surface area contributed by atoms with Gasteiger partial charge < -0.3 is 11.1 Å². The third-order valence-electron chi connectivity index (χ3n) is 2.74. The highest BCUT2D eigenvalue weighted by molar-refractivity contribution is 5.93. The van der Waals surface area contributed by atoms with Crippen molar-refractivity contribution in [2.75, 3.05) is 11.1 Å². The van der Waals surface area contributed by atoms with Crippen LogP contribution in [0.25, 0.3) is 0 Å². The summed E-state index contributed by atoms with van der Waals surface area (Å²) in [6.07, 6.45) is 5.87. The molecule has 1 aromatic carbocycles. The van der Waals surface area contributed by atoms with Crippen molar-refractivity contribution < 1.29 is 4.79 Å². The number of anilines is 2. The standard InChI is InChI=1S/C14H16N4O/c1-10-2-4-13(12(15)6-10)18-14(19)5-3-11-7-16-9-17-8-11/h2,4,6-9H,3,5,15H2,1H3,(H,18,19). The fourth-order valence-electron chi connectivity index (χ4n) is 1.73. The van der Waals surface area contributed by atoms with Gasteiger partial charge in [0.1, 0.15) is 6.33 Å². The van der Waals surface area contributed by atoms with Gasteiger partial charge in [-0.15, -0.1) is 0 Å². The van der Waals surface area contributed by atoms with Crippen molar-refractivity contribution in [1.82, 2.24) is 9.97 Å². The van der Waals surface area contributed by atoms with Crippen molar-refractivity contribution in [2.24, 2.45) is 0 Å². The molecule has 2 rings (SSSR count). The van der Waals surface area contributed by atoms with Gasteiger partial charge in [0.05, 0.1) is 11.4 Å². The summed E-state index contributed by atoms with van der Waals surface area (Å²) in [6, 6.07) is 5.56. The Morgan fingerprint density at radius 3 is 2.74 bits per heavy atom. The number of aromatic nitrogens is 2. The van der Waals surface area contributed by atoms with Gasteiger partial charge in [0.15, 0.2) is 0 Å². The van der Waals surface area contributed by atoms with Crippen molar-refractivity contribution in [3.05, 3.63) is 48.0 Å². The van der Waals surface area contributed by atoms with E-state index in [1.54, 1.807) is 12.4 Å². The van der Waals surface area contributed by atoms with Crippen LogP contribution in [-0.4, -0.2) is 15.9 Å². The number of rotatable bonds is 4. The molecule has 2 aromatic rings. The van der Waals surface area contributed by atoms with Crippen molar-refractivity contribution in [2.45, 2.75) is 19.8 Å². The van der Waals surface area contributed by atoms with Gasteiger partial charge in [-0.25, -0.2) is 9.97 Å². The number of carbonyl (C=O) groups is 1. The average Bonchev–Trinajstić information content (AvgIpc) is 2.41. The highest BCUT2D eigenvalue weighted by Crippen LogP contribution is 2.19. The maximum atomic E-state index is 11.8. The summed E-state index contributed by atoms with van der Waals surface area (Å²) in [5.74, 6) is -0.0700. The Morgan fingerprint density at radius 1 is 1.32 bits per heavy atom. The minimum atomic E-state index is -0.0700. The second-order valence-corrected chi connectivity index (χ2v) is 4.39. The van der Waals surface area contributed by atoms with E-state index in [4.69, 9.17) is 5.73 Å². The maximum absolute atomic E-state index is 11.8. The largest absolute Gasteiger partial charge is 0.397 e. The molecule has 3 N–H and O–H groups in total. The quantitative estimate of drug-likeness (QED) is 0.819. The molecule has 5 heteroatoms. The number of hydrogen-bond acceptors (Lipinski definition) is 4. The molecule has 98 valence electrons. The van der Waals surface area contributed by atoms with Crippen molar-refractivity contribution in [3.63, 3.8) is 0 Å². The van der Waals surface area contributed by atoms with E-state index in [-0.39, 0.29) is 5.91 Å². The molecule has 0 unspecified atom stereocenters. The van der Waals surface area contributed by atoms with Crippen LogP contribution >= 0.6 is 0 Å². The SMILES string of the molecule is Cc1ccc(NC(=O)CCc2cncnc2)c(N)c1. The van der Waals surface area contributed by atoms with Crippen molar-refractivity contribution in [3.8, 4) is 0 Å². The first-order valence-corrected chi connectivity index (χ1v) is 6.05. The van der Waals surface area contributed by atoms with Crippen LogP contribution in [0.1, 0.15) is 17.5 Å². The summed E-state index contributed by atoms with van der Waals surface area (Å²) < 4.78 is 0. The Kier molecular flexibility index (Phi) is 4.07. The molecule has 0 saturated carbocycles. The van der Waals surface area contributed by atoms with E-state index in [9.17, 15) is 4.79 Å². The third kappa shape index (κ3) is 3.77. The Hall–Kier alpha value is -2.43. The lowest BCUT2D eigenvalue weighted by molar-refractivity contribution is -0.116. The molecule has 0 spiro atoms. The average molecular weight is 256 g/mol. The Morgan fingerprint density at radius 2 is 2.05 bits per heavy atom. The van der Waals surface area contributed by atoms with Gasteiger partial charge in [-0.2, -0.15) is 0 Å². The maximum Gasteiger partial charge on any atom is 0.224 e. The number of nitrogens with zero attached hydrogens (tertiary/aromatic N) is 2. The monoisotopic (exact) mass is 256 g/mol. The molecule has 19 heavy (non-hydrogen) atoms. The van der Waals surface area contributed by atoms with Crippen LogP contribution in [0.4, 0.5) is 11.4 Å². The predicted octanol–water partition coefficient (Wildman–Crippen LogP) is 1.94. The van der Waals surface area contributed by atoms with Crippen LogP contribution in [0, 0.1) is 6.92 Å². The second-order valence-electron chi connectivity index (χ2n) is 4.39. The predicted molar refractivity (Wildman–Crippen MR) is 74.6 cm³/mol. The summed E-state index contributed by atoms with van der Waals surface area (Å²) in [4.78, 5) is 19.6. The van der Waals surface area contributed by atoms with Gasteiger partial charge in [-0.3, -0.25) is 4.79 Å². The fourth-order valence-corrected chi connectivity index (χ4v) is 1.73. The van der Waals surface area contributed by atoms with Gasteiger partial charge in [0, 0.05) is 18.8 Å². The zero-order chi connectivity index (χ0) is 13.7. The number of carbonyl (C=O) groups excluding carboxylic acids is 1. The molecular formula is C14H16N4O. The first-order valence-electron chi connectivity index (χ1n) is 6.05. The first-order chi connectivity index (χ1) is 9.15. The van der Waals surface area contributed by atoms with E-state index in [1.165, 1.54) is 6.33 Å².